The fraction of sp³-hybridized carbons (Fsp3) is 0.692. The minimum atomic E-state index is -0.820. The van der Waals surface area contributed by atoms with Crippen molar-refractivity contribution in [3.8, 4) is 0 Å². The maximum Gasteiger partial charge on any atom is 0.309 e. The van der Waals surface area contributed by atoms with Gasteiger partial charge in [-0.05, 0) is 19.5 Å². The number of nitrogens with zero attached hydrogens (tertiary/aromatic N) is 3. The first kappa shape index (κ1) is 14.3. The van der Waals surface area contributed by atoms with Gasteiger partial charge in [0.05, 0.1) is 12.1 Å². The van der Waals surface area contributed by atoms with Gasteiger partial charge in [0.25, 0.3) is 0 Å². The number of anilines is 1. The summed E-state index contributed by atoms with van der Waals surface area (Å²) in [7, 11) is 0. The number of likely N-dealkylation sites (N-methyl/N-ethyl adjacent to an activating group) is 1. The molecule has 1 N–H and O–H groups in total. The number of carboxylic acid groups (broad SMARTS) is 1. The van der Waals surface area contributed by atoms with Crippen LogP contribution in [0.4, 0.5) is 5.13 Å². The number of thiazole rings is 1. The van der Waals surface area contributed by atoms with E-state index in [-0.39, 0.29) is 6.42 Å². The van der Waals surface area contributed by atoms with Crippen molar-refractivity contribution in [1.82, 2.24) is 9.88 Å². The van der Waals surface area contributed by atoms with Gasteiger partial charge in [-0.2, -0.15) is 0 Å². The van der Waals surface area contributed by atoms with Crippen LogP contribution < -0.4 is 4.90 Å². The normalized spacial score (nSPS) is 19.3. The molecule has 2 heterocycles. The summed E-state index contributed by atoms with van der Waals surface area (Å²) in [6, 6.07) is 0.599. The number of carbonyl (C=O) groups is 1. The summed E-state index contributed by atoms with van der Waals surface area (Å²) in [6.07, 6.45) is 1.18. The second-order valence-corrected chi connectivity index (χ2v) is 5.64. The molecule has 0 spiro atoms. The molecule has 0 radical (unpaired) electrons. The molecule has 6 heteroatoms. The molecule has 1 atom stereocenters. The van der Waals surface area contributed by atoms with Gasteiger partial charge >= 0.3 is 5.97 Å². The molecule has 0 amide bonds. The summed E-state index contributed by atoms with van der Waals surface area (Å²) in [4.78, 5) is 19.8. The van der Waals surface area contributed by atoms with E-state index in [9.17, 15) is 4.79 Å². The average Bonchev–Trinajstić information content (AvgIpc) is 2.99. The lowest BCUT2D eigenvalue weighted by Gasteiger charge is -2.25. The zero-order valence-electron chi connectivity index (χ0n) is 11.5. The van der Waals surface area contributed by atoms with E-state index < -0.39 is 5.97 Å². The van der Waals surface area contributed by atoms with Crippen LogP contribution in [-0.4, -0.2) is 53.2 Å². The molecule has 106 valence electrons. The largest absolute Gasteiger partial charge is 0.481 e. The van der Waals surface area contributed by atoms with Crippen LogP contribution in [0.5, 0.6) is 0 Å². The summed E-state index contributed by atoms with van der Waals surface area (Å²) in [5, 5.41) is 11.6. The fourth-order valence-corrected chi connectivity index (χ4v) is 3.49. The van der Waals surface area contributed by atoms with Crippen molar-refractivity contribution >= 4 is 22.4 Å². The van der Waals surface area contributed by atoms with Gasteiger partial charge in [-0.25, -0.2) is 4.98 Å². The summed E-state index contributed by atoms with van der Waals surface area (Å²) in [5.41, 5.74) is 0.666. The first-order valence-electron chi connectivity index (χ1n) is 6.79. The van der Waals surface area contributed by atoms with Crippen molar-refractivity contribution in [3.05, 3.63) is 11.1 Å². The highest BCUT2D eigenvalue weighted by molar-refractivity contribution is 7.13. The van der Waals surface area contributed by atoms with Crippen molar-refractivity contribution in [1.29, 1.82) is 0 Å². The topological polar surface area (TPSA) is 56.7 Å². The Morgan fingerprint density at radius 1 is 1.58 bits per heavy atom. The first-order chi connectivity index (χ1) is 9.13. The van der Waals surface area contributed by atoms with E-state index in [1.165, 1.54) is 0 Å². The quantitative estimate of drug-likeness (QED) is 0.861. The van der Waals surface area contributed by atoms with E-state index in [2.05, 4.69) is 28.6 Å². The van der Waals surface area contributed by atoms with Gasteiger partial charge in [0.2, 0.25) is 0 Å². The minimum absolute atomic E-state index is 0.0177. The van der Waals surface area contributed by atoms with Crippen molar-refractivity contribution in [2.24, 2.45) is 0 Å². The second kappa shape index (κ2) is 6.34. The fourth-order valence-electron chi connectivity index (χ4n) is 2.63. The minimum Gasteiger partial charge on any atom is -0.481 e. The predicted octanol–water partition coefficient (Wildman–Crippen LogP) is 1.69. The number of aliphatic carboxylic acids is 1. The van der Waals surface area contributed by atoms with E-state index in [1.54, 1.807) is 11.3 Å². The Balaban J connectivity index is 1.96. The Morgan fingerprint density at radius 2 is 2.32 bits per heavy atom. The zero-order valence-corrected chi connectivity index (χ0v) is 12.3. The van der Waals surface area contributed by atoms with Crippen molar-refractivity contribution in [3.63, 3.8) is 0 Å². The lowest BCUT2D eigenvalue weighted by atomic mass is 10.2. The Bertz CT molecular complexity index is 431. The molecule has 1 aliphatic heterocycles. The van der Waals surface area contributed by atoms with Crippen LogP contribution in [0.2, 0.25) is 0 Å². The van der Waals surface area contributed by atoms with Crippen LogP contribution in [0.25, 0.3) is 0 Å². The number of carboxylic acids is 1. The third-order valence-corrected chi connectivity index (χ3v) is 4.58. The number of rotatable bonds is 6. The lowest BCUT2D eigenvalue weighted by Crippen LogP contribution is -2.37. The summed E-state index contributed by atoms with van der Waals surface area (Å²) in [6.45, 7) is 8.57. The number of hydrogen-bond donors (Lipinski definition) is 1. The predicted molar refractivity (Wildman–Crippen MR) is 77.0 cm³/mol. The number of hydrogen-bond acceptors (Lipinski definition) is 5. The van der Waals surface area contributed by atoms with Gasteiger partial charge in [-0.3, -0.25) is 9.69 Å². The molecule has 1 aromatic heterocycles. The zero-order chi connectivity index (χ0) is 13.8. The lowest BCUT2D eigenvalue weighted by molar-refractivity contribution is -0.136. The third-order valence-electron chi connectivity index (χ3n) is 3.63. The van der Waals surface area contributed by atoms with E-state index in [1.807, 2.05) is 5.38 Å². The third kappa shape index (κ3) is 3.45. The van der Waals surface area contributed by atoms with Gasteiger partial charge in [0, 0.05) is 24.5 Å². The summed E-state index contributed by atoms with van der Waals surface area (Å²) < 4.78 is 0. The van der Waals surface area contributed by atoms with Crippen LogP contribution in [0.1, 0.15) is 26.0 Å². The van der Waals surface area contributed by atoms with Gasteiger partial charge < -0.3 is 10.0 Å². The van der Waals surface area contributed by atoms with Gasteiger partial charge in [0.15, 0.2) is 5.13 Å². The molecule has 1 unspecified atom stereocenters. The van der Waals surface area contributed by atoms with E-state index in [0.717, 1.165) is 37.7 Å². The van der Waals surface area contributed by atoms with Crippen LogP contribution in [-0.2, 0) is 11.2 Å². The average molecular weight is 283 g/mol. The first-order valence-corrected chi connectivity index (χ1v) is 7.67. The molecule has 2 rings (SSSR count). The van der Waals surface area contributed by atoms with Crippen LogP contribution in [0.15, 0.2) is 5.38 Å². The van der Waals surface area contributed by atoms with Crippen LogP contribution in [0, 0.1) is 0 Å². The maximum atomic E-state index is 10.7. The molecular formula is C13H21N3O2S. The smallest absolute Gasteiger partial charge is 0.309 e. The second-order valence-electron chi connectivity index (χ2n) is 4.80. The van der Waals surface area contributed by atoms with Crippen molar-refractivity contribution in [2.45, 2.75) is 32.7 Å². The van der Waals surface area contributed by atoms with Crippen LogP contribution in [0.3, 0.4) is 0 Å². The SMILES string of the molecule is CCN(CC)C1CCN(c2nc(CC(=O)O)cs2)C1. The van der Waals surface area contributed by atoms with E-state index in [4.69, 9.17) is 5.11 Å². The maximum absolute atomic E-state index is 10.7. The van der Waals surface area contributed by atoms with E-state index >= 15 is 0 Å². The Kier molecular flexibility index (Phi) is 4.76. The molecule has 5 nitrogen and oxygen atoms in total. The highest BCUT2D eigenvalue weighted by atomic mass is 32.1. The number of aromatic nitrogens is 1. The molecule has 1 fully saturated rings. The Morgan fingerprint density at radius 3 is 2.95 bits per heavy atom. The highest BCUT2D eigenvalue weighted by Gasteiger charge is 2.27. The van der Waals surface area contributed by atoms with Gasteiger partial charge in [0.1, 0.15) is 0 Å². The van der Waals surface area contributed by atoms with Crippen molar-refractivity contribution in [2.75, 3.05) is 31.1 Å². The molecule has 0 bridgehead atoms. The molecule has 0 aromatic carbocycles. The van der Waals surface area contributed by atoms with Gasteiger partial charge in [-0.1, -0.05) is 13.8 Å². The Hall–Kier alpha value is -1.14. The highest BCUT2D eigenvalue weighted by Crippen LogP contribution is 2.26. The summed E-state index contributed by atoms with van der Waals surface area (Å²) in [5.74, 6) is -0.820. The molecule has 1 aromatic rings. The van der Waals surface area contributed by atoms with Gasteiger partial charge in [-0.15, -0.1) is 11.3 Å². The van der Waals surface area contributed by atoms with Crippen LogP contribution >= 0.6 is 11.3 Å². The standard InChI is InChI=1S/C13H21N3O2S/c1-3-15(4-2)11-5-6-16(8-11)13-14-10(9-19-13)7-12(17)18/h9,11H,3-8H2,1-2H3,(H,17,18). The van der Waals surface area contributed by atoms with E-state index in [0.29, 0.717) is 11.7 Å². The Labute approximate surface area is 117 Å². The molecular weight excluding hydrogens is 262 g/mol. The monoisotopic (exact) mass is 283 g/mol. The van der Waals surface area contributed by atoms with Crippen molar-refractivity contribution < 1.29 is 9.90 Å². The molecule has 1 aliphatic rings. The molecule has 0 aliphatic carbocycles. The summed E-state index contributed by atoms with van der Waals surface area (Å²) >= 11 is 1.55. The molecule has 19 heavy (non-hydrogen) atoms. The molecule has 0 saturated carbocycles. The molecule has 1 saturated heterocycles.